The molecular weight excluding hydrogens is 320 g/mol. The Morgan fingerprint density at radius 3 is 2.84 bits per heavy atom. The number of rotatable bonds is 5. The fourth-order valence-electron chi connectivity index (χ4n) is 2.98. The van der Waals surface area contributed by atoms with Crippen LogP contribution < -0.4 is 10.5 Å². The van der Waals surface area contributed by atoms with Crippen molar-refractivity contribution in [3.63, 3.8) is 0 Å². The second kappa shape index (κ2) is 6.90. The van der Waals surface area contributed by atoms with Crippen molar-refractivity contribution in [2.75, 3.05) is 19.7 Å². The first-order valence-corrected chi connectivity index (χ1v) is 8.22. The van der Waals surface area contributed by atoms with Crippen LogP contribution >= 0.6 is 0 Å². The first-order chi connectivity index (χ1) is 12.3. The van der Waals surface area contributed by atoms with E-state index >= 15 is 0 Å². The van der Waals surface area contributed by atoms with Gasteiger partial charge in [0.1, 0.15) is 18.1 Å². The first kappa shape index (κ1) is 15.6. The van der Waals surface area contributed by atoms with Crippen LogP contribution in [0.2, 0.25) is 0 Å². The van der Waals surface area contributed by atoms with Gasteiger partial charge in [-0.15, -0.1) is 0 Å². The minimum absolute atomic E-state index is 0.309. The molecular formula is C18H18N4O3. The number of nitrogens with one attached hydrogen (secondary N) is 1. The number of benzene rings is 1. The van der Waals surface area contributed by atoms with Crippen LogP contribution in [0.25, 0.3) is 11.5 Å². The third-order valence-corrected chi connectivity index (χ3v) is 4.31. The normalized spacial score (nSPS) is 14.2. The van der Waals surface area contributed by atoms with E-state index < -0.39 is 5.76 Å². The number of nitrogens with zero attached hydrogens (tertiary/aromatic N) is 3. The van der Waals surface area contributed by atoms with Gasteiger partial charge in [-0.2, -0.15) is 0 Å². The number of aromatic amines is 1. The van der Waals surface area contributed by atoms with E-state index in [9.17, 15) is 4.79 Å². The topological polar surface area (TPSA) is 84.3 Å². The van der Waals surface area contributed by atoms with Gasteiger partial charge >= 0.3 is 5.76 Å². The number of fused-ring (bicyclic) bond motifs is 1. The summed E-state index contributed by atoms with van der Waals surface area (Å²) in [5.74, 6) is 0.399. The van der Waals surface area contributed by atoms with Gasteiger partial charge in [0.2, 0.25) is 5.82 Å². The van der Waals surface area contributed by atoms with Crippen molar-refractivity contribution in [2.45, 2.75) is 13.0 Å². The zero-order valence-corrected chi connectivity index (χ0v) is 13.6. The lowest BCUT2D eigenvalue weighted by Crippen LogP contribution is -2.33. The second-order valence-electron chi connectivity index (χ2n) is 5.97. The van der Waals surface area contributed by atoms with Crippen molar-refractivity contribution in [2.24, 2.45) is 0 Å². The Morgan fingerprint density at radius 1 is 1.20 bits per heavy atom. The third-order valence-electron chi connectivity index (χ3n) is 4.31. The highest BCUT2D eigenvalue weighted by atomic mass is 16.5. The van der Waals surface area contributed by atoms with Crippen molar-refractivity contribution in [1.29, 1.82) is 0 Å². The molecule has 0 spiro atoms. The zero-order chi connectivity index (χ0) is 17.1. The predicted molar refractivity (Wildman–Crippen MR) is 91.3 cm³/mol. The number of aromatic nitrogens is 3. The molecule has 3 heterocycles. The van der Waals surface area contributed by atoms with Crippen molar-refractivity contribution in [1.82, 2.24) is 20.0 Å². The van der Waals surface area contributed by atoms with Gasteiger partial charge < -0.3 is 4.74 Å². The van der Waals surface area contributed by atoms with Crippen molar-refractivity contribution in [3.05, 3.63) is 64.3 Å². The molecule has 2 aromatic heterocycles. The molecule has 128 valence electrons. The summed E-state index contributed by atoms with van der Waals surface area (Å²) in [6, 6.07) is 12.1. The smallest absolute Gasteiger partial charge is 0.439 e. The van der Waals surface area contributed by atoms with E-state index in [-0.39, 0.29) is 0 Å². The summed E-state index contributed by atoms with van der Waals surface area (Å²) in [5, 5.41) is 3.60. The minimum atomic E-state index is -0.597. The van der Waals surface area contributed by atoms with E-state index in [2.05, 4.69) is 48.8 Å². The molecule has 0 aliphatic carbocycles. The van der Waals surface area contributed by atoms with Crippen molar-refractivity contribution >= 4 is 0 Å². The van der Waals surface area contributed by atoms with Crippen LogP contribution in [0.15, 0.2) is 51.9 Å². The number of pyridine rings is 1. The first-order valence-electron chi connectivity index (χ1n) is 8.22. The molecule has 0 amide bonds. The molecule has 0 radical (unpaired) electrons. The molecule has 7 nitrogen and oxygen atoms in total. The number of ether oxygens (including phenoxy) is 1. The summed E-state index contributed by atoms with van der Waals surface area (Å²) in [7, 11) is 0. The van der Waals surface area contributed by atoms with Crippen LogP contribution in [0.4, 0.5) is 0 Å². The van der Waals surface area contributed by atoms with Gasteiger partial charge in [0.25, 0.3) is 0 Å². The second-order valence-corrected chi connectivity index (χ2v) is 5.97. The van der Waals surface area contributed by atoms with Crippen LogP contribution in [0.5, 0.6) is 5.75 Å². The van der Waals surface area contributed by atoms with Gasteiger partial charge in [-0.1, -0.05) is 29.4 Å². The van der Waals surface area contributed by atoms with Crippen LogP contribution in [0.1, 0.15) is 11.1 Å². The van der Waals surface area contributed by atoms with E-state index in [1.165, 1.54) is 11.1 Å². The molecule has 25 heavy (non-hydrogen) atoms. The monoisotopic (exact) mass is 338 g/mol. The maximum atomic E-state index is 11.0. The SMILES string of the molecule is O=c1[nH]c(-c2ccc(OCCN3CCc4ccccc4C3)cn2)no1. The third kappa shape index (κ3) is 3.61. The Labute approximate surface area is 144 Å². The standard InChI is InChI=1S/C18H18N4O3/c23-18-20-17(21-25-18)16-6-5-15(11-19-16)24-10-9-22-8-7-13-3-1-2-4-14(13)12-22/h1-6,11H,7-10,12H2,(H,20,21,23). The summed E-state index contributed by atoms with van der Waals surface area (Å²) in [6.07, 6.45) is 2.70. The molecule has 0 fully saturated rings. The molecule has 1 N–H and O–H groups in total. The number of hydrogen-bond acceptors (Lipinski definition) is 6. The molecule has 0 saturated heterocycles. The fraction of sp³-hybridized carbons (Fsp3) is 0.278. The van der Waals surface area contributed by atoms with Crippen LogP contribution in [0, 0.1) is 0 Å². The highest BCUT2D eigenvalue weighted by molar-refractivity contribution is 5.48. The van der Waals surface area contributed by atoms with Gasteiger partial charge in [-0.3, -0.25) is 14.4 Å². The van der Waals surface area contributed by atoms with E-state index in [1.54, 1.807) is 18.3 Å². The van der Waals surface area contributed by atoms with E-state index in [4.69, 9.17) is 4.74 Å². The summed E-state index contributed by atoms with van der Waals surface area (Å²) >= 11 is 0. The van der Waals surface area contributed by atoms with Gasteiger partial charge in [-0.05, 0) is 29.7 Å². The highest BCUT2D eigenvalue weighted by Crippen LogP contribution is 2.19. The Hall–Kier alpha value is -2.93. The number of hydrogen-bond donors (Lipinski definition) is 1. The molecule has 4 rings (SSSR count). The summed E-state index contributed by atoms with van der Waals surface area (Å²) in [4.78, 5) is 20.0. The molecule has 0 bridgehead atoms. The van der Waals surface area contributed by atoms with Crippen LogP contribution in [-0.2, 0) is 13.0 Å². The summed E-state index contributed by atoms with van der Waals surface area (Å²) < 4.78 is 10.2. The molecule has 7 heteroatoms. The van der Waals surface area contributed by atoms with E-state index in [1.807, 2.05) is 0 Å². The molecule has 0 atom stereocenters. The van der Waals surface area contributed by atoms with E-state index in [0.717, 1.165) is 26.1 Å². The Balaban J connectivity index is 1.30. The summed E-state index contributed by atoms with van der Waals surface area (Å²) in [6.45, 7) is 3.49. The predicted octanol–water partition coefficient (Wildman–Crippen LogP) is 1.86. The van der Waals surface area contributed by atoms with Gasteiger partial charge in [0, 0.05) is 19.6 Å². The fourth-order valence-corrected chi connectivity index (χ4v) is 2.98. The largest absolute Gasteiger partial charge is 0.491 e. The van der Waals surface area contributed by atoms with Gasteiger partial charge in [0.15, 0.2) is 0 Å². The molecule has 0 unspecified atom stereocenters. The molecule has 3 aromatic rings. The lowest BCUT2D eigenvalue weighted by molar-refractivity contribution is 0.196. The Morgan fingerprint density at radius 2 is 2.08 bits per heavy atom. The maximum Gasteiger partial charge on any atom is 0.439 e. The molecule has 1 aliphatic rings. The Kier molecular flexibility index (Phi) is 4.30. The van der Waals surface area contributed by atoms with Crippen LogP contribution in [-0.4, -0.2) is 39.7 Å². The average molecular weight is 338 g/mol. The molecule has 0 saturated carbocycles. The van der Waals surface area contributed by atoms with Crippen molar-refractivity contribution < 1.29 is 9.26 Å². The zero-order valence-electron chi connectivity index (χ0n) is 13.6. The lowest BCUT2D eigenvalue weighted by atomic mass is 10.0. The minimum Gasteiger partial charge on any atom is -0.491 e. The Bertz CT molecular complexity index is 901. The van der Waals surface area contributed by atoms with Crippen molar-refractivity contribution in [3.8, 4) is 17.3 Å². The van der Waals surface area contributed by atoms with Gasteiger partial charge in [-0.25, -0.2) is 9.78 Å². The highest BCUT2D eigenvalue weighted by Gasteiger charge is 2.15. The maximum absolute atomic E-state index is 11.0. The summed E-state index contributed by atoms with van der Waals surface area (Å²) in [5.41, 5.74) is 3.39. The van der Waals surface area contributed by atoms with Crippen LogP contribution in [0.3, 0.4) is 0 Å². The molecule has 1 aliphatic heterocycles. The van der Waals surface area contributed by atoms with E-state index in [0.29, 0.717) is 23.9 Å². The lowest BCUT2D eigenvalue weighted by Gasteiger charge is -2.28. The van der Waals surface area contributed by atoms with Gasteiger partial charge in [0.05, 0.1) is 6.20 Å². The molecule has 1 aromatic carbocycles. The average Bonchev–Trinajstić information content (AvgIpc) is 3.09. The number of H-pyrrole nitrogens is 1. The quantitative estimate of drug-likeness (QED) is 0.764.